The van der Waals surface area contributed by atoms with Gasteiger partial charge >= 0.3 is 0 Å². The van der Waals surface area contributed by atoms with Crippen LogP contribution in [-0.4, -0.2) is 15.0 Å². The fourth-order valence-electron chi connectivity index (χ4n) is 6.55. The molecule has 10 aromatic rings. The predicted molar refractivity (Wildman–Crippen MR) is 209 cm³/mol. The Labute approximate surface area is 308 Å². The summed E-state index contributed by atoms with van der Waals surface area (Å²) < 4.78 is 91.8. The molecule has 0 fully saturated rings. The van der Waals surface area contributed by atoms with Crippen LogP contribution in [0, 0.1) is 0 Å². The summed E-state index contributed by atoms with van der Waals surface area (Å²) in [5.74, 6) is 1.26. The highest BCUT2D eigenvalue weighted by Gasteiger charge is 2.18. The van der Waals surface area contributed by atoms with E-state index < -0.39 is 60.4 Å². The molecule has 0 atom stereocenters. The molecule has 0 radical (unpaired) electrons. The van der Waals surface area contributed by atoms with Gasteiger partial charge in [-0.05, 0) is 74.6 Å². The first-order valence-electron chi connectivity index (χ1n) is 21.3. The van der Waals surface area contributed by atoms with Gasteiger partial charge in [-0.3, -0.25) is 0 Å². The average molecular weight is 662 g/mol. The molecule has 2 heterocycles. The number of nitrogens with zero attached hydrogens (tertiary/aromatic N) is 3. The molecule has 238 valence electrons. The normalized spacial score (nSPS) is 14.3. The van der Waals surface area contributed by atoms with Crippen LogP contribution in [0.3, 0.4) is 0 Å². The minimum Gasteiger partial charge on any atom is -0.455 e. The Kier molecular flexibility index (Phi) is 4.80. The molecule has 0 amide bonds. The lowest BCUT2D eigenvalue weighted by atomic mass is 9.95. The van der Waals surface area contributed by atoms with Crippen molar-refractivity contribution in [2.45, 2.75) is 0 Å². The van der Waals surface area contributed by atoms with Crippen LogP contribution < -0.4 is 0 Å². The van der Waals surface area contributed by atoms with Crippen molar-refractivity contribution in [3.8, 4) is 56.4 Å². The van der Waals surface area contributed by atoms with Crippen molar-refractivity contribution < 1.29 is 18.1 Å². The molecule has 0 N–H and O–H groups in total. The maximum atomic E-state index is 8.86. The van der Waals surface area contributed by atoms with Gasteiger partial charge in [0.25, 0.3) is 0 Å². The fourth-order valence-corrected chi connectivity index (χ4v) is 6.55. The summed E-state index contributed by atoms with van der Waals surface area (Å²) in [5.41, 5.74) is 2.66. The first kappa shape index (κ1) is 20.6. The molecule has 4 heteroatoms. The van der Waals surface area contributed by atoms with E-state index in [0.29, 0.717) is 39.4 Å². The van der Waals surface area contributed by atoms with Crippen molar-refractivity contribution in [2.24, 2.45) is 0 Å². The number of hydrogen-bond acceptors (Lipinski definition) is 4. The second-order valence-corrected chi connectivity index (χ2v) is 12.1. The third-order valence-electron chi connectivity index (χ3n) is 9.04. The van der Waals surface area contributed by atoms with Crippen LogP contribution in [-0.2, 0) is 0 Å². The maximum absolute atomic E-state index is 8.86. The highest BCUT2D eigenvalue weighted by Crippen LogP contribution is 2.40. The van der Waals surface area contributed by atoms with Gasteiger partial charge in [0.2, 0.25) is 0 Å². The Morgan fingerprint density at radius 1 is 0.392 bits per heavy atom. The summed E-state index contributed by atoms with van der Waals surface area (Å²) in [4.78, 5) is 14.9. The summed E-state index contributed by atoms with van der Waals surface area (Å²) in [7, 11) is 0. The molecule has 0 bridgehead atoms. The van der Waals surface area contributed by atoms with E-state index in [2.05, 4.69) is 0 Å². The summed E-state index contributed by atoms with van der Waals surface area (Å²) >= 11 is 0. The lowest BCUT2D eigenvalue weighted by molar-refractivity contribution is 0.670. The molecule has 0 aliphatic carbocycles. The van der Waals surface area contributed by atoms with E-state index in [1.807, 2.05) is 91.0 Å². The first-order chi connectivity index (χ1) is 29.4. The fraction of sp³-hybridized carbons (Fsp3) is 0. The maximum Gasteiger partial charge on any atom is 0.164 e. The topological polar surface area (TPSA) is 51.8 Å². The van der Waals surface area contributed by atoms with Crippen molar-refractivity contribution in [1.82, 2.24) is 15.0 Å². The van der Waals surface area contributed by atoms with E-state index in [1.165, 1.54) is 6.07 Å². The molecule has 2 aromatic heterocycles. The molecule has 0 saturated carbocycles. The van der Waals surface area contributed by atoms with E-state index in [0.717, 1.165) is 32.7 Å². The second-order valence-electron chi connectivity index (χ2n) is 12.1. The highest BCUT2D eigenvalue weighted by atomic mass is 16.3. The Balaban J connectivity index is 1.22. The van der Waals surface area contributed by atoms with Crippen molar-refractivity contribution in [1.29, 1.82) is 0 Å². The van der Waals surface area contributed by atoms with Crippen LogP contribution in [0.2, 0.25) is 0 Å². The molecule has 4 nitrogen and oxygen atoms in total. The molecule has 0 saturated heterocycles. The Bertz CT molecular complexity index is 3360. The standard InChI is InChI=1S/C47H29N3O/c1-3-11-30(12-4-1)39-27-41(33-15-5-2-6-16-33)44-42(28-39)40-24-23-38(29-43(40)51-44)47-49-45(36-21-19-31-13-7-9-17-34(31)25-36)48-46(50-47)37-22-20-32-14-8-10-18-35(32)26-37/h1-29H/i1D,2D,3D,4D,5D,6D,11D,12D,15D,16D. The van der Waals surface area contributed by atoms with Gasteiger partial charge in [0, 0.05) is 33.0 Å². The van der Waals surface area contributed by atoms with Gasteiger partial charge in [-0.25, -0.2) is 15.0 Å². The van der Waals surface area contributed by atoms with Crippen LogP contribution >= 0.6 is 0 Å². The van der Waals surface area contributed by atoms with Crippen molar-refractivity contribution in [2.75, 3.05) is 0 Å². The van der Waals surface area contributed by atoms with Crippen LogP contribution in [0.15, 0.2) is 180 Å². The van der Waals surface area contributed by atoms with E-state index in [-0.39, 0.29) is 27.8 Å². The first-order valence-corrected chi connectivity index (χ1v) is 16.3. The molecular weight excluding hydrogens is 623 g/mol. The van der Waals surface area contributed by atoms with Crippen molar-refractivity contribution >= 4 is 43.5 Å². The Hall–Kier alpha value is -6.91. The zero-order valence-electron chi connectivity index (χ0n) is 36.7. The lowest BCUT2D eigenvalue weighted by Crippen LogP contribution is -2.00. The summed E-state index contributed by atoms with van der Waals surface area (Å²) in [6, 6.07) is 31.4. The number of hydrogen-bond donors (Lipinski definition) is 0. The molecule has 8 aromatic carbocycles. The highest BCUT2D eigenvalue weighted by molar-refractivity contribution is 6.12. The van der Waals surface area contributed by atoms with E-state index in [9.17, 15) is 0 Å². The molecule has 10 rings (SSSR count). The predicted octanol–water partition coefficient (Wildman–Crippen LogP) is 12.4. The zero-order chi connectivity index (χ0) is 42.4. The molecule has 51 heavy (non-hydrogen) atoms. The summed E-state index contributed by atoms with van der Waals surface area (Å²) in [6.07, 6.45) is 0. The van der Waals surface area contributed by atoms with Gasteiger partial charge < -0.3 is 4.42 Å². The summed E-state index contributed by atoms with van der Waals surface area (Å²) in [6.45, 7) is 0. The minimum atomic E-state index is -0.575. The Morgan fingerprint density at radius 3 is 1.49 bits per heavy atom. The number of benzene rings is 8. The van der Waals surface area contributed by atoms with Gasteiger partial charge in [0.15, 0.2) is 17.5 Å². The van der Waals surface area contributed by atoms with Crippen molar-refractivity contribution in [3.05, 3.63) is 176 Å². The number of furan rings is 1. The monoisotopic (exact) mass is 661 g/mol. The van der Waals surface area contributed by atoms with Gasteiger partial charge in [-0.2, -0.15) is 0 Å². The summed E-state index contributed by atoms with van der Waals surface area (Å²) in [5, 5.41) is 5.18. The van der Waals surface area contributed by atoms with E-state index in [4.69, 9.17) is 33.1 Å². The van der Waals surface area contributed by atoms with Crippen LogP contribution in [0.25, 0.3) is 99.9 Å². The van der Waals surface area contributed by atoms with Crippen molar-refractivity contribution in [3.63, 3.8) is 0 Å². The SMILES string of the molecule is [2H]c1c([2H])c([2H])c(-c2cc(-c3c([2H])c([2H])c([2H])c([2H])c3[2H])c3oc4cc(-c5nc(-c6ccc7ccccc7c6)nc(-c6ccc7ccccc7c6)n5)ccc4c3c2)c([2H])c1[2H]. The minimum absolute atomic E-state index is 0.0893. The Morgan fingerprint density at radius 2 is 0.902 bits per heavy atom. The molecule has 0 aliphatic rings. The largest absolute Gasteiger partial charge is 0.455 e. The number of fused-ring (bicyclic) bond motifs is 5. The smallest absolute Gasteiger partial charge is 0.164 e. The lowest BCUT2D eigenvalue weighted by Gasteiger charge is -2.10. The van der Waals surface area contributed by atoms with E-state index >= 15 is 0 Å². The zero-order valence-corrected chi connectivity index (χ0v) is 26.7. The van der Waals surface area contributed by atoms with Gasteiger partial charge in [0.05, 0.1) is 13.7 Å². The molecular formula is C47H29N3O. The molecule has 0 aliphatic heterocycles. The van der Waals surface area contributed by atoms with Crippen LogP contribution in [0.5, 0.6) is 0 Å². The third kappa shape index (κ3) is 5.22. The van der Waals surface area contributed by atoms with Gasteiger partial charge in [-0.1, -0.05) is 139 Å². The molecule has 0 unspecified atom stereocenters. The third-order valence-corrected chi connectivity index (χ3v) is 9.04. The van der Waals surface area contributed by atoms with Crippen LogP contribution in [0.4, 0.5) is 0 Å². The quantitative estimate of drug-likeness (QED) is 0.184. The van der Waals surface area contributed by atoms with Crippen LogP contribution in [0.1, 0.15) is 13.7 Å². The number of aromatic nitrogens is 3. The average Bonchev–Trinajstić information content (AvgIpc) is 3.66. The molecule has 0 spiro atoms. The second kappa shape index (κ2) is 11.9. The van der Waals surface area contributed by atoms with E-state index in [1.54, 1.807) is 18.2 Å². The number of rotatable bonds is 5. The van der Waals surface area contributed by atoms with Gasteiger partial charge in [0.1, 0.15) is 11.2 Å². The van der Waals surface area contributed by atoms with Gasteiger partial charge in [-0.15, -0.1) is 0 Å².